The van der Waals surface area contributed by atoms with E-state index >= 15 is 0 Å². The van der Waals surface area contributed by atoms with Crippen LogP contribution in [0.3, 0.4) is 0 Å². The van der Waals surface area contributed by atoms with Crippen LogP contribution in [0.25, 0.3) is 11.8 Å². The Bertz CT molecular complexity index is 2430. The van der Waals surface area contributed by atoms with Gasteiger partial charge in [0.25, 0.3) is 0 Å². The molecule has 0 aromatic heterocycles. The lowest BCUT2D eigenvalue weighted by Gasteiger charge is -2.42. The van der Waals surface area contributed by atoms with Crippen molar-refractivity contribution in [3.63, 3.8) is 0 Å². The van der Waals surface area contributed by atoms with Crippen LogP contribution >= 0.6 is 0 Å². The van der Waals surface area contributed by atoms with E-state index in [0.29, 0.717) is 0 Å². The van der Waals surface area contributed by atoms with E-state index in [-0.39, 0.29) is 22.5 Å². The first-order chi connectivity index (χ1) is 32.1. The highest BCUT2D eigenvalue weighted by Gasteiger charge is 2.51. The molecule has 26 heteroatoms. The van der Waals surface area contributed by atoms with Gasteiger partial charge in [0.1, 0.15) is 80.3 Å². The molecule has 2 saturated heterocycles. The van der Waals surface area contributed by atoms with Gasteiger partial charge < -0.3 is 104 Å². The molecule has 4 aliphatic rings. The van der Waals surface area contributed by atoms with Crippen molar-refractivity contribution in [1.82, 2.24) is 0 Å². The fourth-order valence-corrected chi connectivity index (χ4v) is 6.86. The monoisotopic (exact) mass is 963 g/mol. The SMILES string of the molecule is O=C(O)CC(=O)OCC1OC(OC2=CC(O)=CC3[OH+]C(c4cc(O)c(O)c(O)c4)=C(OC4OC(COC(=O)C=Cc5ccc(O)c(O)c5)C(O)C(O)C4O)C=C23)C(O)C(O)C1OC(=O)CC(=O)O. The van der Waals surface area contributed by atoms with Crippen molar-refractivity contribution in [2.75, 3.05) is 13.2 Å². The highest BCUT2D eigenvalue weighted by Crippen LogP contribution is 2.43. The van der Waals surface area contributed by atoms with E-state index in [2.05, 4.69) is 4.74 Å². The zero-order chi connectivity index (χ0) is 49.7. The number of hydrogen-bond acceptors (Lipinski definition) is 23. The van der Waals surface area contributed by atoms with Crippen molar-refractivity contribution in [3.8, 4) is 28.7 Å². The molecule has 68 heavy (non-hydrogen) atoms. The van der Waals surface area contributed by atoms with Gasteiger partial charge in [-0.2, -0.15) is 0 Å². The molecule has 0 saturated carbocycles. The number of carbonyl (C=O) groups excluding carboxylic acids is 3. The summed E-state index contributed by atoms with van der Waals surface area (Å²) >= 11 is 0. The van der Waals surface area contributed by atoms with E-state index in [1.165, 1.54) is 18.2 Å². The summed E-state index contributed by atoms with van der Waals surface area (Å²) in [5.74, 6) is -12.2. The minimum Gasteiger partial charge on any atom is -0.571 e. The molecule has 1 aliphatic carbocycles. The van der Waals surface area contributed by atoms with Gasteiger partial charge in [0.2, 0.25) is 24.4 Å². The van der Waals surface area contributed by atoms with Crippen LogP contribution in [0.5, 0.6) is 28.7 Å². The Balaban J connectivity index is 1.29. The molecule has 0 radical (unpaired) electrons. The van der Waals surface area contributed by atoms with Gasteiger partial charge in [-0.3, -0.25) is 19.2 Å². The van der Waals surface area contributed by atoms with E-state index in [1.54, 1.807) is 0 Å². The molecule has 3 aliphatic heterocycles. The largest absolute Gasteiger partial charge is 0.571 e. The number of benzene rings is 2. The summed E-state index contributed by atoms with van der Waals surface area (Å²) in [6.45, 7) is -1.71. The first kappa shape index (κ1) is 49.8. The lowest BCUT2D eigenvalue weighted by molar-refractivity contribution is -0.295. The van der Waals surface area contributed by atoms with Crippen molar-refractivity contribution >= 4 is 41.7 Å². The molecule has 6 rings (SSSR count). The fraction of sp³-hybridized carbons (Fsp3) is 0.357. The number of phenols is 5. The number of phenolic OH excluding ortho intramolecular Hbond substituents is 5. The third-order valence-corrected chi connectivity index (χ3v) is 10.2. The molecule has 14 N–H and O–H groups in total. The number of ether oxygens (including phenoxy) is 8. The molecule has 3 heterocycles. The quantitative estimate of drug-likeness (QED) is 0.0216. The van der Waals surface area contributed by atoms with Crippen molar-refractivity contribution < 1.29 is 128 Å². The fourth-order valence-electron chi connectivity index (χ4n) is 6.86. The predicted molar refractivity (Wildman–Crippen MR) is 216 cm³/mol. The highest BCUT2D eigenvalue weighted by molar-refractivity contribution is 5.91. The number of hydrogen-bond donors (Lipinski definition) is 13. The maximum atomic E-state index is 12.6. The molecule has 0 bridgehead atoms. The Morgan fingerprint density at radius 3 is 1.94 bits per heavy atom. The normalized spacial score (nSPS) is 27.9. The van der Waals surface area contributed by atoms with E-state index in [0.717, 1.165) is 42.5 Å². The van der Waals surface area contributed by atoms with Gasteiger partial charge in [0.15, 0.2) is 34.9 Å². The summed E-state index contributed by atoms with van der Waals surface area (Å²) in [4.78, 5) is 59.1. The predicted octanol–water partition coefficient (Wildman–Crippen LogP) is -1.99. The summed E-state index contributed by atoms with van der Waals surface area (Å²) in [5.41, 5.74) is 0.00547. The molecule has 0 spiro atoms. The standard InChI is InChI=1S/C42H42O26/c43-17-8-23-18(24(9-17)64-42-38(60)36(58)40(68-32(54)12-29(50)51)27(67-42)14-62-31(53)11-28(48)49)10-25(39(63-23)16-6-21(46)33(55)22(47)7-16)65-41-37(59)35(57)34(56)26(66-41)13-61-30(52)4-2-15-1-3-19(44)20(45)5-15/h1-10,23,26-27,34-38,40-47,55-60H,11-14H2,(H,48,49)(H,50,51)/p+1. The van der Waals surface area contributed by atoms with Crippen LogP contribution in [0.2, 0.25) is 0 Å². The summed E-state index contributed by atoms with van der Waals surface area (Å²) in [7, 11) is 0. The van der Waals surface area contributed by atoms with Crippen LogP contribution < -0.4 is 0 Å². The number of allylic oxidation sites excluding steroid dienone is 2. The van der Waals surface area contributed by atoms with Gasteiger partial charge in [0, 0.05) is 30.4 Å². The van der Waals surface area contributed by atoms with Gasteiger partial charge in [-0.15, -0.1) is 0 Å². The molecular formula is C42H43O26+. The average Bonchev–Trinajstić information content (AvgIpc) is 3.26. The first-order valence-electron chi connectivity index (χ1n) is 19.8. The molecule has 26 nitrogen and oxygen atoms in total. The van der Waals surface area contributed by atoms with Gasteiger partial charge in [-0.05, 0) is 23.8 Å². The smallest absolute Gasteiger partial charge is 0.330 e. The van der Waals surface area contributed by atoms with Crippen LogP contribution in [-0.4, -0.2) is 182 Å². The van der Waals surface area contributed by atoms with Crippen LogP contribution in [-0.2, 0) is 57.1 Å². The van der Waals surface area contributed by atoms with Crippen LogP contribution in [0.4, 0.5) is 0 Å². The number of carboxylic acids is 2. The lowest BCUT2D eigenvalue weighted by Crippen LogP contribution is -2.60. The molecular weight excluding hydrogens is 920 g/mol. The van der Waals surface area contributed by atoms with E-state index in [9.17, 15) is 80.1 Å². The molecule has 2 aromatic rings. The zero-order valence-corrected chi connectivity index (χ0v) is 34.6. The Labute approximate surface area is 380 Å². The van der Waals surface area contributed by atoms with Crippen molar-refractivity contribution in [1.29, 1.82) is 0 Å². The van der Waals surface area contributed by atoms with Gasteiger partial charge in [-0.25, -0.2) is 4.79 Å². The molecule has 11 unspecified atom stereocenters. The second-order valence-electron chi connectivity index (χ2n) is 15.1. The van der Waals surface area contributed by atoms with E-state index < -0.39 is 169 Å². The van der Waals surface area contributed by atoms with E-state index in [1.807, 2.05) is 0 Å². The molecule has 0 amide bonds. The van der Waals surface area contributed by atoms with Crippen molar-refractivity contribution in [3.05, 3.63) is 88.6 Å². The second kappa shape index (κ2) is 20.9. The Kier molecular flexibility index (Phi) is 15.3. The number of aromatic hydroxyl groups is 5. The Morgan fingerprint density at radius 2 is 1.28 bits per heavy atom. The van der Waals surface area contributed by atoms with Gasteiger partial charge in [0.05, 0.1) is 17.2 Å². The number of rotatable bonds is 16. The summed E-state index contributed by atoms with van der Waals surface area (Å²) in [6.07, 6.45) is -17.9. The molecule has 2 fully saturated rings. The summed E-state index contributed by atoms with van der Waals surface area (Å²) in [5, 5.41) is 134. The average molecular weight is 964 g/mol. The number of aliphatic hydroxyl groups excluding tert-OH is 6. The van der Waals surface area contributed by atoms with E-state index in [4.69, 9.17) is 43.4 Å². The Hall–Kier alpha value is -7.59. The van der Waals surface area contributed by atoms with Crippen molar-refractivity contribution in [2.24, 2.45) is 0 Å². The molecule has 11 atom stereocenters. The topological polar surface area (TPSA) is 426 Å². The van der Waals surface area contributed by atoms with Gasteiger partial charge >= 0.3 is 35.6 Å². The number of aliphatic carboxylic acids is 2. The number of esters is 3. The first-order valence-corrected chi connectivity index (χ1v) is 19.8. The minimum absolute atomic E-state index is 0.0939. The third-order valence-electron chi connectivity index (χ3n) is 10.2. The third kappa shape index (κ3) is 11.7. The number of fused-ring (bicyclic) bond motifs is 1. The molecule has 366 valence electrons. The minimum atomic E-state index is -2.18. The van der Waals surface area contributed by atoms with Crippen LogP contribution in [0.1, 0.15) is 24.0 Å². The van der Waals surface area contributed by atoms with Crippen LogP contribution in [0, 0.1) is 0 Å². The maximum Gasteiger partial charge on any atom is 0.330 e. The lowest BCUT2D eigenvalue weighted by atomic mass is 9.95. The van der Waals surface area contributed by atoms with Crippen molar-refractivity contribution in [2.45, 2.75) is 80.4 Å². The highest BCUT2D eigenvalue weighted by atomic mass is 16.7. The number of aliphatic hydroxyl groups is 8. The van der Waals surface area contributed by atoms with Crippen LogP contribution in [0.15, 0.2) is 77.5 Å². The second-order valence-corrected chi connectivity index (χ2v) is 15.1. The number of carbonyl (C=O) groups is 5. The molecule has 2 aromatic carbocycles. The number of carboxylic acid groups (broad SMARTS) is 2. The maximum absolute atomic E-state index is 12.6. The Morgan fingerprint density at radius 1 is 0.662 bits per heavy atom. The summed E-state index contributed by atoms with van der Waals surface area (Å²) < 4.78 is 42.9. The summed E-state index contributed by atoms with van der Waals surface area (Å²) in [6, 6.07) is 5.54. The van der Waals surface area contributed by atoms with Gasteiger partial charge in [-0.1, -0.05) is 6.07 Å². The zero-order valence-electron chi connectivity index (χ0n) is 34.6.